The Bertz CT molecular complexity index is 281. The van der Waals surface area contributed by atoms with Gasteiger partial charge in [0.2, 0.25) is 0 Å². The summed E-state index contributed by atoms with van der Waals surface area (Å²) in [5.74, 6) is 0.574. The molecule has 70 valence electrons. The number of halogens is 1. The Labute approximate surface area is 78.0 Å². The average molecular weight is 179 g/mol. The fourth-order valence-electron chi connectivity index (χ4n) is 1.86. The molecule has 0 unspecified atom stereocenters. The number of nitrogens with one attached hydrogen (secondary N) is 1. The van der Waals surface area contributed by atoms with Crippen LogP contribution in [0.1, 0.15) is 24.9 Å². The minimum absolute atomic E-state index is 0.158. The highest BCUT2D eigenvalue weighted by Crippen LogP contribution is 2.26. The lowest BCUT2D eigenvalue weighted by atomic mass is 10.0. The van der Waals surface area contributed by atoms with Crippen molar-refractivity contribution in [2.75, 3.05) is 6.54 Å². The van der Waals surface area contributed by atoms with Crippen molar-refractivity contribution in [1.82, 2.24) is 5.32 Å². The molecule has 1 N–H and O–H groups in total. The van der Waals surface area contributed by atoms with E-state index < -0.39 is 0 Å². The molecule has 1 aliphatic rings. The first-order valence-corrected chi connectivity index (χ1v) is 4.74. The van der Waals surface area contributed by atoms with Crippen molar-refractivity contribution in [3.05, 3.63) is 35.6 Å². The summed E-state index contributed by atoms with van der Waals surface area (Å²) in [5, 5.41) is 3.42. The molecule has 2 rings (SSSR count). The first-order chi connectivity index (χ1) is 6.25. The topological polar surface area (TPSA) is 12.0 Å². The third-order valence-electron chi connectivity index (χ3n) is 2.62. The monoisotopic (exact) mass is 179 g/mol. The Morgan fingerprint density at radius 1 is 1.31 bits per heavy atom. The quantitative estimate of drug-likeness (QED) is 0.698. The molecule has 0 spiro atoms. The van der Waals surface area contributed by atoms with Gasteiger partial charge in [0.05, 0.1) is 0 Å². The molecular formula is C11H14FN. The fraction of sp³-hybridized carbons (Fsp3) is 0.455. The molecule has 13 heavy (non-hydrogen) atoms. The van der Waals surface area contributed by atoms with Gasteiger partial charge in [0.1, 0.15) is 5.82 Å². The summed E-state index contributed by atoms with van der Waals surface area (Å²) in [6, 6.07) is 7.21. The van der Waals surface area contributed by atoms with Crippen LogP contribution in [0.3, 0.4) is 0 Å². The summed E-state index contributed by atoms with van der Waals surface area (Å²) in [4.78, 5) is 0. The summed E-state index contributed by atoms with van der Waals surface area (Å²) < 4.78 is 12.6. The van der Waals surface area contributed by atoms with E-state index in [2.05, 4.69) is 12.2 Å². The van der Waals surface area contributed by atoms with Gasteiger partial charge in [0.25, 0.3) is 0 Å². The predicted molar refractivity (Wildman–Crippen MR) is 50.9 cm³/mol. The summed E-state index contributed by atoms with van der Waals surface area (Å²) in [5.41, 5.74) is 1.20. The van der Waals surface area contributed by atoms with Gasteiger partial charge in [-0.2, -0.15) is 0 Å². The number of benzene rings is 1. The van der Waals surface area contributed by atoms with Gasteiger partial charge in [-0.05, 0) is 36.6 Å². The van der Waals surface area contributed by atoms with Gasteiger partial charge in [-0.25, -0.2) is 4.39 Å². The maximum absolute atomic E-state index is 12.6. The summed E-state index contributed by atoms with van der Waals surface area (Å²) >= 11 is 0. The number of hydrogen-bond donors (Lipinski definition) is 1. The van der Waals surface area contributed by atoms with Crippen LogP contribution in [0.15, 0.2) is 24.3 Å². The van der Waals surface area contributed by atoms with Crippen LogP contribution in [0.5, 0.6) is 0 Å². The molecule has 1 aromatic rings. The van der Waals surface area contributed by atoms with Crippen molar-refractivity contribution < 1.29 is 4.39 Å². The lowest BCUT2D eigenvalue weighted by Crippen LogP contribution is -2.13. The minimum Gasteiger partial charge on any atom is -0.310 e. The molecule has 0 aromatic heterocycles. The number of hydrogen-bond acceptors (Lipinski definition) is 1. The van der Waals surface area contributed by atoms with Gasteiger partial charge < -0.3 is 5.32 Å². The van der Waals surface area contributed by atoms with E-state index in [1.54, 1.807) is 0 Å². The van der Waals surface area contributed by atoms with Crippen LogP contribution in [-0.2, 0) is 0 Å². The van der Waals surface area contributed by atoms with Crippen molar-refractivity contribution in [3.8, 4) is 0 Å². The van der Waals surface area contributed by atoms with Crippen LogP contribution in [0, 0.1) is 11.7 Å². The lowest BCUT2D eigenvalue weighted by Gasteiger charge is -2.09. The Balaban J connectivity index is 2.13. The minimum atomic E-state index is -0.158. The molecule has 1 fully saturated rings. The lowest BCUT2D eigenvalue weighted by molar-refractivity contribution is 0.603. The van der Waals surface area contributed by atoms with E-state index in [1.165, 1.54) is 17.7 Å². The van der Waals surface area contributed by atoms with Crippen molar-refractivity contribution in [3.63, 3.8) is 0 Å². The highest BCUT2D eigenvalue weighted by molar-refractivity contribution is 5.20. The largest absolute Gasteiger partial charge is 0.310 e. The molecule has 2 heteroatoms. The molecule has 0 amide bonds. The average Bonchev–Trinajstić information content (AvgIpc) is 2.53. The van der Waals surface area contributed by atoms with E-state index in [4.69, 9.17) is 0 Å². The second-order valence-electron chi connectivity index (χ2n) is 3.85. The molecule has 0 bridgehead atoms. The van der Waals surface area contributed by atoms with Crippen LogP contribution >= 0.6 is 0 Å². The second kappa shape index (κ2) is 3.46. The molecule has 1 aromatic carbocycles. The zero-order valence-electron chi connectivity index (χ0n) is 7.76. The first kappa shape index (κ1) is 8.70. The van der Waals surface area contributed by atoms with Gasteiger partial charge in [0.15, 0.2) is 0 Å². The van der Waals surface area contributed by atoms with Gasteiger partial charge in [0, 0.05) is 6.04 Å². The van der Waals surface area contributed by atoms with E-state index in [-0.39, 0.29) is 5.82 Å². The highest BCUT2D eigenvalue weighted by atomic mass is 19.1. The van der Waals surface area contributed by atoms with Crippen LogP contribution in [0.25, 0.3) is 0 Å². The fourth-order valence-corrected chi connectivity index (χ4v) is 1.86. The van der Waals surface area contributed by atoms with Gasteiger partial charge in [-0.3, -0.25) is 0 Å². The third kappa shape index (κ3) is 1.89. The Hall–Kier alpha value is -0.890. The number of rotatable bonds is 1. The van der Waals surface area contributed by atoms with Crippen LogP contribution in [0.2, 0.25) is 0 Å². The summed E-state index contributed by atoms with van der Waals surface area (Å²) in [6.07, 6.45) is 1.16. The molecular weight excluding hydrogens is 165 g/mol. The van der Waals surface area contributed by atoms with Crippen molar-refractivity contribution in [2.24, 2.45) is 5.92 Å². The van der Waals surface area contributed by atoms with E-state index in [1.807, 2.05) is 12.1 Å². The molecule has 2 atom stereocenters. The van der Waals surface area contributed by atoms with Gasteiger partial charge >= 0.3 is 0 Å². The molecule has 0 saturated carbocycles. The molecule has 0 aliphatic carbocycles. The van der Waals surface area contributed by atoms with E-state index in [9.17, 15) is 4.39 Å². The van der Waals surface area contributed by atoms with Gasteiger partial charge in [-0.15, -0.1) is 0 Å². The highest BCUT2D eigenvalue weighted by Gasteiger charge is 2.21. The van der Waals surface area contributed by atoms with Gasteiger partial charge in [-0.1, -0.05) is 19.1 Å². The normalized spacial score (nSPS) is 27.8. The molecule has 1 nitrogen and oxygen atoms in total. The van der Waals surface area contributed by atoms with E-state index >= 15 is 0 Å². The van der Waals surface area contributed by atoms with E-state index in [0.29, 0.717) is 6.04 Å². The van der Waals surface area contributed by atoms with Crippen LogP contribution in [0.4, 0.5) is 4.39 Å². The predicted octanol–water partition coefficient (Wildman–Crippen LogP) is 2.50. The molecule has 1 heterocycles. The zero-order valence-corrected chi connectivity index (χ0v) is 7.76. The first-order valence-electron chi connectivity index (χ1n) is 4.74. The maximum atomic E-state index is 12.6. The van der Waals surface area contributed by atoms with Crippen molar-refractivity contribution in [1.29, 1.82) is 0 Å². The van der Waals surface area contributed by atoms with Crippen molar-refractivity contribution >= 4 is 0 Å². The Morgan fingerprint density at radius 2 is 2.00 bits per heavy atom. The maximum Gasteiger partial charge on any atom is 0.123 e. The Morgan fingerprint density at radius 3 is 2.54 bits per heavy atom. The molecule has 1 saturated heterocycles. The second-order valence-corrected chi connectivity index (χ2v) is 3.85. The summed E-state index contributed by atoms with van der Waals surface area (Å²) in [6.45, 7) is 3.30. The van der Waals surface area contributed by atoms with Crippen LogP contribution < -0.4 is 5.32 Å². The van der Waals surface area contributed by atoms with Crippen LogP contribution in [-0.4, -0.2) is 6.54 Å². The molecule has 0 radical (unpaired) electrons. The third-order valence-corrected chi connectivity index (χ3v) is 2.62. The van der Waals surface area contributed by atoms with Crippen molar-refractivity contribution in [2.45, 2.75) is 19.4 Å². The smallest absolute Gasteiger partial charge is 0.123 e. The summed E-state index contributed by atoms with van der Waals surface area (Å²) in [7, 11) is 0. The van der Waals surface area contributed by atoms with E-state index in [0.717, 1.165) is 18.9 Å². The standard InChI is InChI=1S/C11H14FN/c1-8-6-11(13-7-8)9-2-4-10(12)5-3-9/h2-5,8,11,13H,6-7H2,1H3/t8-,11-/m1/s1. The zero-order chi connectivity index (χ0) is 9.26. The Kier molecular flexibility index (Phi) is 2.32. The SMILES string of the molecule is C[C@H]1CN[C@@H](c2ccc(F)cc2)C1. The molecule has 1 aliphatic heterocycles.